The Morgan fingerprint density at radius 3 is 2.52 bits per heavy atom. The van der Waals surface area contributed by atoms with Crippen molar-refractivity contribution in [2.75, 3.05) is 26.7 Å². The zero-order valence-corrected chi connectivity index (χ0v) is 21.5. The Labute approximate surface area is 211 Å². The van der Waals surface area contributed by atoms with Gasteiger partial charge in [-0.1, -0.05) is 24.3 Å². The second kappa shape index (κ2) is 9.87. The van der Waals surface area contributed by atoms with Gasteiger partial charge in [-0.25, -0.2) is 0 Å². The monoisotopic (exact) mass is 561 g/mol. The van der Waals surface area contributed by atoms with E-state index >= 15 is 0 Å². The minimum Gasteiger partial charge on any atom is -0.361 e. The smallest absolute Gasteiger partial charge is 0.233 e. The highest BCUT2D eigenvalue weighted by Crippen LogP contribution is 2.52. The number of imide groups is 1. The number of nitrogens with zero attached hydrogens (tertiary/aromatic N) is 2. The molecule has 4 atom stereocenters. The molecule has 2 bridgehead atoms. The quantitative estimate of drug-likeness (QED) is 0.121. The van der Waals surface area contributed by atoms with E-state index < -0.39 is 0 Å². The van der Waals surface area contributed by atoms with Crippen LogP contribution in [0.4, 0.5) is 0 Å². The van der Waals surface area contributed by atoms with Crippen LogP contribution in [0.5, 0.6) is 0 Å². The minimum absolute atomic E-state index is 0. The predicted octanol–water partition coefficient (Wildman–Crippen LogP) is 3.00. The summed E-state index contributed by atoms with van der Waals surface area (Å²) in [5.74, 6) is 1.14. The molecule has 0 radical (unpaired) electrons. The number of hydrogen-bond donors (Lipinski definition) is 3. The fraction of sp³-hybridized carbons (Fsp3) is 0.480. The van der Waals surface area contributed by atoms with Gasteiger partial charge < -0.3 is 15.6 Å². The highest BCUT2D eigenvalue weighted by Gasteiger charge is 2.58. The van der Waals surface area contributed by atoms with Gasteiger partial charge in [-0.15, -0.1) is 24.0 Å². The number of guanidine groups is 1. The van der Waals surface area contributed by atoms with Crippen LogP contribution in [0.2, 0.25) is 0 Å². The van der Waals surface area contributed by atoms with E-state index in [1.54, 1.807) is 7.05 Å². The molecule has 4 unspecified atom stereocenters. The lowest BCUT2D eigenvalue weighted by atomic mass is 9.85. The van der Waals surface area contributed by atoms with Crippen LogP contribution in [0.25, 0.3) is 10.9 Å². The summed E-state index contributed by atoms with van der Waals surface area (Å²) in [6.07, 6.45) is 8.92. The number of benzene rings is 1. The first kappa shape index (κ1) is 23.8. The lowest BCUT2D eigenvalue weighted by molar-refractivity contribution is -0.140. The van der Waals surface area contributed by atoms with Crippen molar-refractivity contribution in [3.8, 4) is 0 Å². The maximum atomic E-state index is 12.8. The van der Waals surface area contributed by atoms with Gasteiger partial charge in [0.15, 0.2) is 5.96 Å². The summed E-state index contributed by atoms with van der Waals surface area (Å²) >= 11 is 0. The number of halogens is 1. The third-order valence-corrected chi connectivity index (χ3v) is 7.32. The number of aromatic nitrogens is 1. The van der Waals surface area contributed by atoms with Gasteiger partial charge in [0.2, 0.25) is 11.8 Å². The van der Waals surface area contributed by atoms with Crippen molar-refractivity contribution in [2.24, 2.45) is 28.7 Å². The molecule has 3 aliphatic rings. The number of rotatable bonds is 7. The second-order valence-electron chi connectivity index (χ2n) is 9.17. The van der Waals surface area contributed by atoms with Gasteiger partial charge in [0.05, 0.1) is 11.8 Å². The van der Waals surface area contributed by atoms with Crippen molar-refractivity contribution < 1.29 is 9.59 Å². The van der Waals surface area contributed by atoms with Crippen molar-refractivity contribution in [1.82, 2.24) is 20.5 Å². The van der Waals surface area contributed by atoms with Crippen LogP contribution in [0.3, 0.4) is 0 Å². The Morgan fingerprint density at radius 1 is 1.12 bits per heavy atom. The number of carbonyl (C=O) groups is 2. The molecule has 1 saturated carbocycles. The molecule has 33 heavy (non-hydrogen) atoms. The molecule has 2 aliphatic carbocycles. The normalized spacial score (nSPS) is 25.6. The van der Waals surface area contributed by atoms with Crippen molar-refractivity contribution in [1.29, 1.82) is 0 Å². The highest BCUT2D eigenvalue weighted by atomic mass is 127. The zero-order chi connectivity index (χ0) is 22.2. The first-order chi connectivity index (χ1) is 15.6. The van der Waals surface area contributed by atoms with Crippen LogP contribution in [0.15, 0.2) is 41.5 Å². The van der Waals surface area contributed by atoms with E-state index in [-0.39, 0.29) is 59.5 Å². The van der Waals surface area contributed by atoms with Gasteiger partial charge in [-0.05, 0) is 55.2 Å². The molecule has 0 spiro atoms. The maximum Gasteiger partial charge on any atom is 0.233 e. The molecule has 1 aliphatic heterocycles. The summed E-state index contributed by atoms with van der Waals surface area (Å²) < 4.78 is 0. The van der Waals surface area contributed by atoms with Crippen LogP contribution in [-0.2, 0) is 16.0 Å². The van der Waals surface area contributed by atoms with Gasteiger partial charge in [0.25, 0.3) is 0 Å². The maximum absolute atomic E-state index is 12.8. The molecular weight excluding hydrogens is 529 g/mol. The molecular formula is C25H32IN5O2. The molecule has 5 rings (SSSR count). The Balaban J connectivity index is 0.00000259. The summed E-state index contributed by atoms with van der Waals surface area (Å²) in [6.45, 7) is 4.03. The van der Waals surface area contributed by atoms with Gasteiger partial charge >= 0.3 is 0 Å². The summed E-state index contributed by atoms with van der Waals surface area (Å²) in [5, 5.41) is 7.96. The molecule has 1 aromatic carbocycles. The van der Waals surface area contributed by atoms with E-state index in [1.165, 1.54) is 26.9 Å². The number of carbonyl (C=O) groups excluding carboxylic acids is 2. The highest BCUT2D eigenvalue weighted by molar-refractivity contribution is 14.0. The van der Waals surface area contributed by atoms with Gasteiger partial charge in [-0.3, -0.25) is 19.5 Å². The number of amides is 2. The van der Waals surface area contributed by atoms with Crippen molar-refractivity contribution >= 4 is 52.7 Å². The number of aromatic amines is 1. The number of likely N-dealkylation sites (tertiary alicyclic amines) is 1. The van der Waals surface area contributed by atoms with Crippen LogP contribution in [-0.4, -0.2) is 54.3 Å². The van der Waals surface area contributed by atoms with E-state index in [0.717, 1.165) is 25.3 Å². The Morgan fingerprint density at radius 2 is 1.82 bits per heavy atom. The average Bonchev–Trinajstić information content (AvgIpc) is 3.55. The Bertz CT molecular complexity index is 1080. The number of fused-ring (bicyclic) bond motifs is 6. The van der Waals surface area contributed by atoms with Crippen molar-refractivity contribution in [2.45, 2.75) is 26.2 Å². The molecule has 1 saturated heterocycles. The van der Waals surface area contributed by atoms with Crippen LogP contribution < -0.4 is 10.6 Å². The Hall–Kier alpha value is -2.36. The van der Waals surface area contributed by atoms with Crippen LogP contribution in [0.1, 0.15) is 24.0 Å². The molecule has 2 fully saturated rings. The van der Waals surface area contributed by atoms with E-state index in [2.05, 4.69) is 64.1 Å². The molecule has 1 aromatic heterocycles. The molecule has 2 aromatic rings. The van der Waals surface area contributed by atoms with Crippen LogP contribution >= 0.6 is 24.0 Å². The lowest BCUT2D eigenvalue weighted by Gasteiger charge is -2.18. The minimum atomic E-state index is -0.104. The predicted molar refractivity (Wildman–Crippen MR) is 141 cm³/mol. The van der Waals surface area contributed by atoms with Gasteiger partial charge in [-0.2, -0.15) is 0 Å². The zero-order valence-electron chi connectivity index (χ0n) is 19.1. The number of H-pyrrole nitrogens is 1. The fourth-order valence-corrected chi connectivity index (χ4v) is 5.81. The first-order valence-electron chi connectivity index (χ1n) is 11.6. The summed E-state index contributed by atoms with van der Waals surface area (Å²) in [6, 6.07) is 6.31. The topological polar surface area (TPSA) is 89.6 Å². The van der Waals surface area contributed by atoms with Crippen LogP contribution in [0, 0.1) is 30.6 Å². The van der Waals surface area contributed by atoms with E-state index in [4.69, 9.17) is 0 Å². The van der Waals surface area contributed by atoms with Crippen molar-refractivity contribution in [3.05, 3.63) is 47.7 Å². The van der Waals surface area contributed by atoms with E-state index in [0.29, 0.717) is 19.5 Å². The average molecular weight is 561 g/mol. The molecule has 2 heterocycles. The molecule has 8 heteroatoms. The van der Waals surface area contributed by atoms with Gasteiger partial charge in [0, 0.05) is 43.8 Å². The number of allylic oxidation sites excluding steroid dienone is 2. The lowest BCUT2D eigenvalue weighted by Crippen LogP contribution is -2.40. The molecule has 176 valence electrons. The molecule has 2 amide bonds. The summed E-state index contributed by atoms with van der Waals surface area (Å²) in [4.78, 5) is 34.6. The third-order valence-electron chi connectivity index (χ3n) is 7.32. The number of hydrogen-bond acceptors (Lipinski definition) is 3. The largest absolute Gasteiger partial charge is 0.361 e. The molecule has 3 N–H and O–H groups in total. The summed E-state index contributed by atoms with van der Waals surface area (Å²) in [7, 11) is 1.75. The number of aryl methyl sites for hydroxylation is 1. The third kappa shape index (κ3) is 4.29. The SMILES string of the molecule is CN=C(NCCCN1C(=O)C2C3C=CC(C3)C2C1=O)NCCc1c[nH]c2cccc(C)c12.I. The summed E-state index contributed by atoms with van der Waals surface area (Å²) in [5.41, 5.74) is 3.74. The Kier molecular flexibility index (Phi) is 7.11. The first-order valence-corrected chi connectivity index (χ1v) is 11.6. The second-order valence-corrected chi connectivity index (χ2v) is 9.17. The number of aliphatic imine (C=N–C) groups is 1. The van der Waals surface area contributed by atoms with E-state index in [9.17, 15) is 9.59 Å². The van der Waals surface area contributed by atoms with E-state index in [1.807, 2.05) is 0 Å². The standard InChI is InChI=1S/C25H31N5O2.HI/c1-15-5-3-6-19-20(15)18(14-29-19)9-11-28-25(26-2)27-10-4-12-30-23(31)21-16-7-8-17(13-16)22(21)24(30)32;/h3,5-8,14,16-17,21-22,29H,4,9-13H2,1-2H3,(H2,26,27,28);1H. The van der Waals surface area contributed by atoms with Crippen molar-refractivity contribution in [3.63, 3.8) is 0 Å². The number of nitrogens with one attached hydrogen (secondary N) is 3. The fourth-order valence-electron chi connectivity index (χ4n) is 5.81. The molecule has 7 nitrogen and oxygen atoms in total. The van der Waals surface area contributed by atoms with Gasteiger partial charge in [0.1, 0.15) is 0 Å².